The maximum absolute atomic E-state index is 13.9. The highest BCUT2D eigenvalue weighted by Gasteiger charge is 2.22. The molecule has 0 aliphatic heterocycles. The number of halogens is 1. The summed E-state index contributed by atoms with van der Waals surface area (Å²) in [4.78, 5) is 57.0. The fraction of sp³-hybridized carbons (Fsp3) is 0.0938. The van der Waals surface area contributed by atoms with Gasteiger partial charge in [0.2, 0.25) is 5.78 Å². The topological polar surface area (TPSA) is 125 Å². The van der Waals surface area contributed by atoms with Gasteiger partial charge in [0, 0.05) is 24.4 Å². The second kappa shape index (κ2) is 11.0. The van der Waals surface area contributed by atoms with Crippen LogP contribution in [-0.4, -0.2) is 42.5 Å². The fourth-order valence-electron chi connectivity index (χ4n) is 5.07. The zero-order valence-corrected chi connectivity index (χ0v) is 22.7. The smallest absolute Gasteiger partial charge is 0.335 e. The highest BCUT2D eigenvalue weighted by molar-refractivity contribution is 6.09. The molecular formula is C32H23FN4O6. The van der Waals surface area contributed by atoms with E-state index >= 15 is 0 Å². The van der Waals surface area contributed by atoms with Gasteiger partial charge < -0.3 is 9.84 Å². The lowest BCUT2D eigenvalue weighted by molar-refractivity contribution is 0.0696. The minimum atomic E-state index is -1.09. The summed E-state index contributed by atoms with van der Waals surface area (Å²) in [6, 6.07) is 21.5. The molecular weight excluding hydrogens is 555 g/mol. The molecule has 0 amide bonds. The summed E-state index contributed by atoms with van der Waals surface area (Å²) in [5, 5.41) is 9.56. The summed E-state index contributed by atoms with van der Waals surface area (Å²) in [5.74, 6) is -1.96. The Bertz CT molecular complexity index is 2180. The summed E-state index contributed by atoms with van der Waals surface area (Å²) < 4.78 is 22.6. The van der Waals surface area contributed by atoms with Crippen LogP contribution in [-0.2, 0) is 18.0 Å². The molecule has 3 aromatic heterocycles. The van der Waals surface area contributed by atoms with Gasteiger partial charge in [0.05, 0.1) is 34.2 Å². The van der Waals surface area contributed by atoms with Crippen LogP contribution in [0.25, 0.3) is 27.7 Å². The number of aromatic carboxylic acids is 1. The van der Waals surface area contributed by atoms with E-state index in [1.807, 2.05) is 0 Å². The fourth-order valence-corrected chi connectivity index (χ4v) is 5.07. The first-order valence-corrected chi connectivity index (χ1v) is 13.1. The molecule has 3 aromatic carbocycles. The second-order valence-corrected chi connectivity index (χ2v) is 9.83. The SMILES string of the molecule is COCn1c(=O)n(Cc2ccc(F)cc2)c(=O)c2cc(C(=O)c3nc(-c4cccc(C(=O)O)c4)c4ccccn34)ccc21. The number of ether oxygens (including phenoxy) is 1. The number of hydrogen-bond acceptors (Lipinski definition) is 6. The Morgan fingerprint density at radius 1 is 0.884 bits per heavy atom. The molecule has 214 valence electrons. The molecule has 6 rings (SSSR count). The van der Waals surface area contributed by atoms with E-state index in [-0.39, 0.29) is 41.1 Å². The lowest BCUT2D eigenvalue weighted by atomic mass is 10.1. The van der Waals surface area contributed by atoms with E-state index < -0.39 is 28.8 Å². The third-order valence-corrected chi connectivity index (χ3v) is 7.13. The number of benzene rings is 3. The summed E-state index contributed by atoms with van der Waals surface area (Å²) in [6.07, 6.45) is 1.67. The van der Waals surface area contributed by atoms with Crippen LogP contribution in [0.2, 0.25) is 0 Å². The zero-order valence-electron chi connectivity index (χ0n) is 22.7. The van der Waals surface area contributed by atoms with Crippen molar-refractivity contribution in [2.75, 3.05) is 7.11 Å². The molecule has 11 heteroatoms. The van der Waals surface area contributed by atoms with Gasteiger partial charge in [0.25, 0.3) is 5.56 Å². The number of aromatic nitrogens is 4. The summed E-state index contributed by atoms with van der Waals surface area (Å²) in [5.41, 5.74) is 1.35. The first-order chi connectivity index (χ1) is 20.8. The van der Waals surface area contributed by atoms with Crippen LogP contribution >= 0.6 is 0 Å². The van der Waals surface area contributed by atoms with E-state index in [2.05, 4.69) is 4.98 Å². The van der Waals surface area contributed by atoms with Crippen molar-refractivity contribution in [1.82, 2.24) is 18.5 Å². The Morgan fingerprint density at radius 2 is 1.67 bits per heavy atom. The molecule has 0 saturated heterocycles. The molecule has 0 bridgehead atoms. The van der Waals surface area contributed by atoms with Crippen LogP contribution in [0, 0.1) is 5.82 Å². The molecule has 0 atom stereocenters. The van der Waals surface area contributed by atoms with Crippen molar-refractivity contribution in [1.29, 1.82) is 0 Å². The van der Waals surface area contributed by atoms with Gasteiger partial charge in [-0.3, -0.25) is 23.1 Å². The van der Waals surface area contributed by atoms with Crippen molar-refractivity contribution in [2.45, 2.75) is 13.3 Å². The van der Waals surface area contributed by atoms with Gasteiger partial charge in [-0.15, -0.1) is 0 Å². The van der Waals surface area contributed by atoms with E-state index in [0.29, 0.717) is 22.3 Å². The molecule has 3 heterocycles. The Hall–Kier alpha value is -5.68. The number of fused-ring (bicyclic) bond motifs is 2. The number of ketones is 1. The van der Waals surface area contributed by atoms with Crippen molar-refractivity contribution in [3.63, 3.8) is 0 Å². The average Bonchev–Trinajstić information content (AvgIpc) is 3.41. The molecule has 10 nitrogen and oxygen atoms in total. The van der Waals surface area contributed by atoms with E-state index in [1.165, 1.54) is 66.3 Å². The van der Waals surface area contributed by atoms with E-state index in [9.17, 15) is 28.7 Å². The number of carboxylic acids is 1. The van der Waals surface area contributed by atoms with Gasteiger partial charge in [-0.1, -0.05) is 30.3 Å². The first-order valence-electron chi connectivity index (χ1n) is 13.1. The monoisotopic (exact) mass is 578 g/mol. The number of carbonyl (C=O) groups excluding carboxylic acids is 1. The molecule has 1 N–H and O–H groups in total. The van der Waals surface area contributed by atoms with Gasteiger partial charge in [-0.25, -0.2) is 19.0 Å². The molecule has 0 radical (unpaired) electrons. The lowest BCUT2D eigenvalue weighted by Gasteiger charge is -2.14. The van der Waals surface area contributed by atoms with Crippen LogP contribution in [0.3, 0.4) is 0 Å². The summed E-state index contributed by atoms with van der Waals surface area (Å²) >= 11 is 0. The van der Waals surface area contributed by atoms with Crippen LogP contribution < -0.4 is 11.2 Å². The maximum atomic E-state index is 13.9. The number of imidazole rings is 1. The number of carboxylic acid groups (broad SMARTS) is 1. The number of nitrogens with zero attached hydrogens (tertiary/aromatic N) is 4. The molecule has 0 aliphatic carbocycles. The third kappa shape index (κ3) is 4.91. The van der Waals surface area contributed by atoms with Crippen LogP contribution in [0.5, 0.6) is 0 Å². The minimum Gasteiger partial charge on any atom is -0.478 e. The van der Waals surface area contributed by atoms with Gasteiger partial charge in [0.15, 0.2) is 5.82 Å². The number of carbonyl (C=O) groups is 2. The molecule has 6 aromatic rings. The maximum Gasteiger partial charge on any atom is 0.335 e. The van der Waals surface area contributed by atoms with Gasteiger partial charge in [-0.05, 0) is 60.2 Å². The van der Waals surface area contributed by atoms with Crippen molar-refractivity contribution in [3.8, 4) is 11.3 Å². The summed E-state index contributed by atoms with van der Waals surface area (Å²) in [6.45, 7) is -0.255. The minimum absolute atomic E-state index is 0.0579. The normalized spacial score (nSPS) is 11.3. The van der Waals surface area contributed by atoms with Crippen molar-refractivity contribution in [3.05, 3.63) is 140 Å². The Kier molecular flexibility index (Phi) is 7.00. The molecule has 43 heavy (non-hydrogen) atoms. The highest BCUT2D eigenvalue weighted by atomic mass is 19.1. The quantitative estimate of drug-likeness (QED) is 0.269. The Labute approximate surface area is 242 Å². The molecule has 0 fully saturated rings. The third-order valence-electron chi connectivity index (χ3n) is 7.13. The van der Waals surface area contributed by atoms with Crippen molar-refractivity contribution >= 4 is 28.2 Å². The van der Waals surface area contributed by atoms with E-state index in [4.69, 9.17) is 4.74 Å². The largest absolute Gasteiger partial charge is 0.478 e. The average molecular weight is 579 g/mol. The van der Waals surface area contributed by atoms with Crippen molar-refractivity contribution < 1.29 is 23.8 Å². The van der Waals surface area contributed by atoms with Crippen LogP contribution in [0.1, 0.15) is 32.1 Å². The van der Waals surface area contributed by atoms with Crippen molar-refractivity contribution in [2.24, 2.45) is 0 Å². The standard InChI is InChI=1S/C32H23FN4O6/c1-43-18-37-25-13-10-21(16-24(25)30(39)36(32(37)42)17-19-8-11-23(33)12-9-19)28(38)29-34-27(26-7-2-3-14-35(26)29)20-5-4-6-22(15-20)31(40)41/h2-16H,17-18H2,1H3,(H,40,41). The van der Waals surface area contributed by atoms with Gasteiger partial charge >= 0.3 is 11.7 Å². The molecule has 0 saturated carbocycles. The predicted molar refractivity (Wildman–Crippen MR) is 156 cm³/mol. The molecule has 0 unspecified atom stereocenters. The number of methoxy groups -OCH3 is 1. The van der Waals surface area contributed by atoms with Gasteiger partial charge in [0.1, 0.15) is 12.5 Å². The Morgan fingerprint density at radius 3 is 2.42 bits per heavy atom. The Balaban J connectivity index is 1.49. The molecule has 0 aliphatic rings. The number of pyridine rings is 1. The van der Waals surface area contributed by atoms with Crippen LogP contribution in [0.4, 0.5) is 4.39 Å². The molecule has 0 spiro atoms. The van der Waals surface area contributed by atoms with E-state index in [1.54, 1.807) is 40.9 Å². The lowest BCUT2D eigenvalue weighted by Crippen LogP contribution is -2.40. The predicted octanol–water partition coefficient (Wildman–Crippen LogP) is 4.20. The summed E-state index contributed by atoms with van der Waals surface area (Å²) in [7, 11) is 1.42. The second-order valence-electron chi connectivity index (χ2n) is 9.83. The zero-order chi connectivity index (χ0) is 30.2. The van der Waals surface area contributed by atoms with E-state index in [0.717, 1.165) is 4.57 Å². The van der Waals surface area contributed by atoms with Gasteiger partial charge in [-0.2, -0.15) is 0 Å². The first kappa shape index (κ1) is 27.5. The number of rotatable bonds is 8. The number of hydrogen-bond donors (Lipinski definition) is 1. The van der Waals surface area contributed by atoms with Crippen LogP contribution in [0.15, 0.2) is 101 Å². The highest BCUT2D eigenvalue weighted by Crippen LogP contribution is 2.27.